The predicted octanol–water partition coefficient (Wildman–Crippen LogP) is 3.98. The zero-order valence-electron chi connectivity index (χ0n) is 16.1. The van der Waals surface area contributed by atoms with Gasteiger partial charge in [-0.05, 0) is 45.0 Å². The van der Waals surface area contributed by atoms with E-state index in [9.17, 15) is 13.5 Å². The Balaban J connectivity index is 2.06. The minimum Gasteiger partial charge on any atom is -0.493 e. The molecule has 1 aromatic carbocycles. The average Bonchev–Trinajstić information content (AvgIpc) is 3.04. The van der Waals surface area contributed by atoms with Crippen LogP contribution in [0.15, 0.2) is 34.4 Å². The van der Waals surface area contributed by atoms with E-state index in [0.29, 0.717) is 21.8 Å². The van der Waals surface area contributed by atoms with Gasteiger partial charge in [-0.2, -0.15) is 13.7 Å². The van der Waals surface area contributed by atoms with Crippen molar-refractivity contribution in [3.05, 3.63) is 45.7 Å². The van der Waals surface area contributed by atoms with E-state index in [1.54, 1.807) is 50.4 Å². The molecule has 0 spiro atoms. The number of ether oxygens (including phenoxy) is 2. The first kappa shape index (κ1) is 21.1. The maximum atomic E-state index is 13.0. The van der Waals surface area contributed by atoms with Crippen molar-refractivity contribution in [2.24, 2.45) is 0 Å². The van der Waals surface area contributed by atoms with Gasteiger partial charge in [0.15, 0.2) is 5.69 Å². The predicted molar refractivity (Wildman–Crippen MR) is 114 cm³/mol. The Morgan fingerprint density at radius 1 is 1.31 bits per heavy atom. The number of hydrogen-bond donors (Lipinski definition) is 1. The molecule has 2 heterocycles. The quantitative estimate of drug-likeness (QED) is 0.460. The summed E-state index contributed by atoms with van der Waals surface area (Å²) in [6.07, 6.45) is 0. The molecule has 3 rings (SSSR count). The van der Waals surface area contributed by atoms with Crippen LogP contribution in [0.3, 0.4) is 0 Å². The monoisotopic (exact) mass is 437 g/mol. The topological polar surface area (TPSA) is 96.4 Å². The second kappa shape index (κ2) is 8.42. The van der Waals surface area contributed by atoms with E-state index in [4.69, 9.17) is 15.2 Å². The van der Waals surface area contributed by atoms with E-state index < -0.39 is 17.1 Å². The maximum absolute atomic E-state index is 13.0. The molecular weight excluding hydrogens is 417 g/mol. The maximum Gasteiger partial charge on any atom is 0.360 e. The third-order valence-corrected chi connectivity index (χ3v) is 4.92. The molecule has 2 N–H and O–H groups in total. The lowest BCUT2D eigenvalue weighted by atomic mass is 10.2. The molecule has 3 aromatic rings. The van der Waals surface area contributed by atoms with Gasteiger partial charge in [0.05, 0.1) is 28.4 Å². The summed E-state index contributed by atoms with van der Waals surface area (Å²) in [4.78, 5) is 25.7. The van der Waals surface area contributed by atoms with Crippen molar-refractivity contribution in [2.45, 2.75) is 26.4 Å². The molecule has 7 nitrogen and oxygen atoms in total. The highest BCUT2D eigenvalue weighted by Gasteiger charge is 2.25. The molecule has 0 radical (unpaired) electrons. The van der Waals surface area contributed by atoms with Gasteiger partial charge in [-0.25, -0.2) is 4.79 Å². The van der Waals surface area contributed by atoms with Crippen molar-refractivity contribution in [1.82, 2.24) is 9.78 Å². The number of fused-ring (bicyclic) bond motifs is 1. The second-order valence-electron chi connectivity index (χ2n) is 7.11. The summed E-state index contributed by atoms with van der Waals surface area (Å²) in [5.74, 6) is 0.105. The molecule has 29 heavy (non-hydrogen) atoms. The van der Waals surface area contributed by atoms with Gasteiger partial charge in [0, 0.05) is 22.9 Å². The molecule has 2 aromatic heterocycles. The number of anilines is 1. The third kappa shape index (κ3) is 4.70. The molecule has 0 atom stereocenters. The van der Waals surface area contributed by atoms with E-state index in [1.807, 2.05) is 0 Å². The molecule has 10 heteroatoms. The van der Waals surface area contributed by atoms with E-state index in [0.717, 1.165) is 16.0 Å². The molecule has 0 bridgehead atoms. The number of hydrogen-bond acceptors (Lipinski definition) is 8. The molecule has 0 saturated carbocycles. The number of aromatic nitrogens is 2. The zero-order valence-corrected chi connectivity index (χ0v) is 17.7. The van der Waals surface area contributed by atoms with E-state index in [-0.39, 0.29) is 35.6 Å². The van der Waals surface area contributed by atoms with Crippen LogP contribution in [0.1, 0.15) is 31.3 Å². The van der Waals surface area contributed by atoms with Crippen molar-refractivity contribution >= 4 is 45.2 Å². The van der Waals surface area contributed by atoms with Crippen LogP contribution in [-0.4, -0.2) is 33.7 Å². The number of rotatable bonds is 6. The van der Waals surface area contributed by atoms with Gasteiger partial charge in [0.25, 0.3) is 5.56 Å². The zero-order chi connectivity index (χ0) is 21.2. The van der Waals surface area contributed by atoms with Crippen molar-refractivity contribution in [1.29, 1.82) is 0 Å². The number of nitrogen functional groups attached to an aromatic ring is 1. The lowest BCUT2D eigenvalue weighted by Gasteiger charge is -2.19. The average molecular weight is 438 g/mol. The number of halogens is 1. The summed E-state index contributed by atoms with van der Waals surface area (Å²) in [5.41, 5.74) is 5.28. The number of benzene rings is 1. The van der Waals surface area contributed by atoms with Gasteiger partial charge in [-0.15, -0.1) is 11.3 Å². The highest BCUT2D eigenvalue weighted by molar-refractivity contribution is 7.94. The first-order valence-electron chi connectivity index (χ1n) is 8.71. The summed E-state index contributed by atoms with van der Waals surface area (Å²) < 4.78 is 24.1. The molecule has 0 amide bonds. The van der Waals surface area contributed by atoms with E-state index in [2.05, 4.69) is 5.10 Å². The van der Waals surface area contributed by atoms with Crippen molar-refractivity contribution in [3.8, 4) is 11.4 Å². The highest BCUT2D eigenvalue weighted by atomic mass is 32.2. The minimum absolute atomic E-state index is 0.0165. The smallest absolute Gasteiger partial charge is 0.360 e. The molecule has 0 fully saturated rings. The Labute approximate surface area is 174 Å². The molecule has 0 aliphatic heterocycles. The standard InChI is InChI=1S/C19H20FN3O4S2/c1-19(2,3)27-18(25)15-13-10-28-16(21)14(13)17(24)23(22-15)11-4-6-12(7-5-11)26-8-9-29-20/h4-7,10H,8-9,21H2,1-3H3. The van der Waals surface area contributed by atoms with E-state index >= 15 is 0 Å². The van der Waals surface area contributed by atoms with Crippen molar-refractivity contribution in [3.63, 3.8) is 0 Å². The summed E-state index contributed by atoms with van der Waals surface area (Å²) in [5, 5.41) is 6.78. The lowest BCUT2D eigenvalue weighted by molar-refractivity contribution is 0.00634. The Morgan fingerprint density at radius 3 is 2.62 bits per heavy atom. The number of nitrogens with two attached hydrogens (primary N) is 1. The first-order valence-corrected chi connectivity index (χ1v) is 10.5. The van der Waals surface area contributed by atoms with Crippen molar-refractivity contribution < 1.29 is 18.2 Å². The number of carbonyl (C=O) groups excluding carboxylic acids is 1. The third-order valence-electron chi connectivity index (χ3n) is 3.78. The summed E-state index contributed by atoms with van der Waals surface area (Å²) in [6.45, 7) is 5.47. The molecule has 154 valence electrons. The SMILES string of the molecule is CC(C)(C)OC(=O)c1nn(-c2ccc(OCCSF)cc2)c(=O)c2c(N)scc12. The number of thiophene rings is 1. The largest absolute Gasteiger partial charge is 0.493 e. The Hall–Kier alpha value is -2.59. The van der Waals surface area contributed by atoms with Crippen LogP contribution in [0.4, 0.5) is 8.89 Å². The molecule has 0 unspecified atom stereocenters. The Bertz CT molecular complexity index is 1090. The highest BCUT2D eigenvalue weighted by Crippen LogP contribution is 2.28. The Kier molecular flexibility index (Phi) is 6.13. The normalized spacial score (nSPS) is 11.6. The van der Waals surface area contributed by atoms with Crippen LogP contribution in [0.25, 0.3) is 16.5 Å². The van der Waals surface area contributed by atoms with Crippen LogP contribution in [0, 0.1) is 0 Å². The van der Waals surface area contributed by atoms with Crippen LogP contribution in [0.2, 0.25) is 0 Å². The van der Waals surface area contributed by atoms with Gasteiger partial charge < -0.3 is 15.2 Å². The first-order chi connectivity index (χ1) is 13.7. The van der Waals surface area contributed by atoms with Crippen LogP contribution in [-0.2, 0) is 4.74 Å². The molecular formula is C19H20FN3O4S2. The number of carbonyl (C=O) groups is 1. The lowest BCUT2D eigenvalue weighted by Crippen LogP contribution is -2.28. The van der Waals surface area contributed by atoms with E-state index in [1.165, 1.54) is 0 Å². The Morgan fingerprint density at radius 2 is 2.00 bits per heavy atom. The fourth-order valence-electron chi connectivity index (χ4n) is 2.60. The molecule has 0 saturated heterocycles. The van der Waals surface area contributed by atoms with Gasteiger partial charge in [-0.1, -0.05) is 0 Å². The summed E-state index contributed by atoms with van der Waals surface area (Å²) >= 11 is 1.36. The fraction of sp³-hybridized carbons (Fsp3) is 0.316. The molecule has 0 aliphatic rings. The van der Waals surface area contributed by atoms with Gasteiger partial charge >= 0.3 is 5.97 Å². The van der Waals surface area contributed by atoms with Gasteiger partial charge in [0.1, 0.15) is 11.4 Å². The van der Waals surface area contributed by atoms with Gasteiger partial charge in [-0.3, -0.25) is 4.79 Å². The van der Waals surface area contributed by atoms with Crippen LogP contribution in [0.5, 0.6) is 5.75 Å². The number of esters is 1. The summed E-state index contributed by atoms with van der Waals surface area (Å²) in [6, 6.07) is 6.53. The minimum atomic E-state index is -0.718. The fourth-order valence-corrected chi connectivity index (χ4v) is 3.54. The van der Waals surface area contributed by atoms with Crippen LogP contribution < -0.4 is 16.0 Å². The second-order valence-corrected chi connectivity index (χ2v) is 8.65. The van der Waals surface area contributed by atoms with Crippen molar-refractivity contribution in [2.75, 3.05) is 18.1 Å². The molecule has 0 aliphatic carbocycles. The summed E-state index contributed by atoms with van der Waals surface area (Å²) in [7, 11) is 0. The van der Waals surface area contributed by atoms with Crippen LogP contribution >= 0.6 is 23.5 Å². The number of nitrogens with zero attached hydrogens (tertiary/aromatic N) is 2. The van der Waals surface area contributed by atoms with Gasteiger partial charge in [0.2, 0.25) is 0 Å².